The molecule has 114 valence electrons. The number of hydrogen-bond acceptors (Lipinski definition) is 4. The van der Waals surface area contributed by atoms with E-state index in [4.69, 9.17) is 14.2 Å². The number of hydrogen-bond donors (Lipinski definition) is 1. The first-order valence-corrected chi connectivity index (χ1v) is 7.50. The summed E-state index contributed by atoms with van der Waals surface area (Å²) in [6.45, 7) is 9.07. The van der Waals surface area contributed by atoms with E-state index >= 15 is 0 Å². The number of rotatable bonds is 8. The Bertz CT molecular complexity index is 268. The fourth-order valence-corrected chi connectivity index (χ4v) is 1.59. The lowest BCUT2D eigenvalue weighted by molar-refractivity contribution is -0.0217. The van der Waals surface area contributed by atoms with E-state index in [2.05, 4.69) is 21.2 Å². The summed E-state index contributed by atoms with van der Waals surface area (Å²) < 4.78 is 15.9. The molecule has 0 aliphatic heterocycles. The minimum Gasteiger partial charge on any atom is -0.444 e. The fraction of sp³-hybridized carbons (Fsp3) is 0.923. The summed E-state index contributed by atoms with van der Waals surface area (Å²) in [5.41, 5.74) is -0.946. The highest BCUT2D eigenvalue weighted by molar-refractivity contribution is 9.09. The average molecular weight is 340 g/mol. The van der Waals surface area contributed by atoms with E-state index in [1.807, 2.05) is 27.7 Å². The number of ether oxygens (including phenoxy) is 3. The highest BCUT2D eigenvalue weighted by Crippen LogP contribution is 2.14. The van der Waals surface area contributed by atoms with Crippen molar-refractivity contribution in [3.05, 3.63) is 0 Å². The van der Waals surface area contributed by atoms with Crippen LogP contribution in [-0.4, -0.2) is 49.5 Å². The summed E-state index contributed by atoms with van der Waals surface area (Å²) in [5, 5.41) is 3.35. The zero-order chi connectivity index (χ0) is 14.9. The minimum absolute atomic E-state index is 0.389. The Morgan fingerprint density at radius 3 is 2.32 bits per heavy atom. The lowest BCUT2D eigenvalue weighted by atomic mass is 10.1. The number of alkyl carbamates (subject to hydrolysis) is 1. The summed E-state index contributed by atoms with van der Waals surface area (Å²) in [6, 6.07) is 0. The van der Waals surface area contributed by atoms with E-state index in [1.165, 1.54) is 0 Å². The predicted molar refractivity (Wildman–Crippen MR) is 78.9 cm³/mol. The maximum absolute atomic E-state index is 11.6. The van der Waals surface area contributed by atoms with Crippen LogP contribution in [0.3, 0.4) is 0 Å². The summed E-state index contributed by atoms with van der Waals surface area (Å²) in [7, 11) is 1.66. The third-order valence-electron chi connectivity index (χ3n) is 2.23. The molecule has 0 saturated heterocycles. The van der Waals surface area contributed by atoms with Crippen LogP contribution >= 0.6 is 15.9 Å². The summed E-state index contributed by atoms with van der Waals surface area (Å²) in [4.78, 5) is 11.6. The molecule has 0 aromatic rings. The van der Waals surface area contributed by atoms with Crippen LogP contribution in [-0.2, 0) is 14.2 Å². The molecular formula is C13H26BrNO4. The van der Waals surface area contributed by atoms with E-state index in [0.29, 0.717) is 25.1 Å². The monoisotopic (exact) mass is 339 g/mol. The van der Waals surface area contributed by atoms with Gasteiger partial charge in [-0.1, -0.05) is 15.9 Å². The molecule has 0 heterocycles. The quantitative estimate of drug-likeness (QED) is 0.545. The van der Waals surface area contributed by atoms with Crippen molar-refractivity contribution < 1.29 is 19.0 Å². The Morgan fingerprint density at radius 2 is 1.84 bits per heavy atom. The number of carbonyl (C=O) groups excluding carboxylic acids is 1. The number of amides is 1. The zero-order valence-electron chi connectivity index (χ0n) is 12.5. The highest BCUT2D eigenvalue weighted by atomic mass is 79.9. The van der Waals surface area contributed by atoms with Gasteiger partial charge in [0.15, 0.2) is 0 Å². The van der Waals surface area contributed by atoms with Crippen molar-refractivity contribution in [2.45, 2.75) is 45.3 Å². The van der Waals surface area contributed by atoms with E-state index in [0.717, 1.165) is 6.42 Å². The second-order valence-electron chi connectivity index (χ2n) is 5.63. The Kier molecular flexibility index (Phi) is 8.61. The molecule has 0 saturated carbocycles. The molecule has 19 heavy (non-hydrogen) atoms. The molecule has 1 N–H and O–H groups in total. The zero-order valence-corrected chi connectivity index (χ0v) is 14.1. The van der Waals surface area contributed by atoms with Gasteiger partial charge in [0.25, 0.3) is 0 Å². The van der Waals surface area contributed by atoms with Crippen molar-refractivity contribution in [2.24, 2.45) is 0 Å². The number of methoxy groups -OCH3 is 1. The second-order valence-corrected chi connectivity index (χ2v) is 6.19. The first-order chi connectivity index (χ1) is 8.72. The topological polar surface area (TPSA) is 56.8 Å². The maximum Gasteiger partial charge on any atom is 0.407 e. The minimum atomic E-state index is -0.492. The van der Waals surface area contributed by atoms with Crippen molar-refractivity contribution in [1.29, 1.82) is 0 Å². The van der Waals surface area contributed by atoms with Crippen molar-refractivity contribution in [3.63, 3.8) is 0 Å². The van der Waals surface area contributed by atoms with Gasteiger partial charge >= 0.3 is 6.09 Å². The average Bonchev–Trinajstić information content (AvgIpc) is 2.30. The fourth-order valence-electron chi connectivity index (χ4n) is 1.23. The molecule has 6 heteroatoms. The summed E-state index contributed by atoms with van der Waals surface area (Å²) in [5.74, 6) is 0. The summed E-state index contributed by atoms with van der Waals surface area (Å²) >= 11 is 3.40. The van der Waals surface area contributed by atoms with Gasteiger partial charge in [0.05, 0.1) is 12.1 Å². The second kappa shape index (κ2) is 8.76. The van der Waals surface area contributed by atoms with Crippen LogP contribution in [0.25, 0.3) is 0 Å². The smallest absolute Gasteiger partial charge is 0.407 e. The molecule has 0 aromatic heterocycles. The van der Waals surface area contributed by atoms with Gasteiger partial charge in [-0.2, -0.15) is 0 Å². The molecule has 0 bridgehead atoms. The van der Waals surface area contributed by atoms with Crippen LogP contribution in [0.4, 0.5) is 4.79 Å². The van der Waals surface area contributed by atoms with Gasteiger partial charge < -0.3 is 19.5 Å². The van der Waals surface area contributed by atoms with Crippen LogP contribution in [0.5, 0.6) is 0 Å². The predicted octanol–water partition coefficient (Wildman–Crippen LogP) is 2.72. The molecule has 0 rings (SSSR count). The van der Waals surface area contributed by atoms with Crippen LogP contribution in [0, 0.1) is 0 Å². The van der Waals surface area contributed by atoms with Crippen LogP contribution < -0.4 is 5.32 Å². The Labute approximate surface area is 124 Å². The van der Waals surface area contributed by atoms with Crippen molar-refractivity contribution >= 4 is 22.0 Å². The molecule has 1 unspecified atom stereocenters. The first-order valence-electron chi connectivity index (χ1n) is 6.38. The molecule has 0 fully saturated rings. The van der Waals surface area contributed by atoms with Crippen LogP contribution in [0.1, 0.15) is 34.1 Å². The van der Waals surface area contributed by atoms with E-state index in [-0.39, 0.29) is 0 Å². The van der Waals surface area contributed by atoms with E-state index in [9.17, 15) is 4.79 Å². The van der Waals surface area contributed by atoms with Crippen molar-refractivity contribution in [1.82, 2.24) is 5.32 Å². The first kappa shape index (κ1) is 18.7. The SMILES string of the molecule is COCCCOC(C)(CBr)CNC(=O)OC(C)(C)C. The van der Waals surface area contributed by atoms with Gasteiger partial charge in [0, 0.05) is 25.7 Å². The van der Waals surface area contributed by atoms with Gasteiger partial charge in [-0.25, -0.2) is 4.79 Å². The standard InChI is InChI=1S/C13H26BrNO4/c1-12(2,3)19-11(16)15-10-13(4,9-14)18-8-6-7-17-5/h6-10H2,1-5H3,(H,15,16). The lowest BCUT2D eigenvalue weighted by Crippen LogP contribution is -2.45. The molecule has 0 spiro atoms. The number of halogens is 1. The van der Waals surface area contributed by atoms with Crippen LogP contribution in [0.15, 0.2) is 0 Å². The Hall–Kier alpha value is -0.330. The molecule has 1 amide bonds. The molecule has 0 aliphatic carbocycles. The van der Waals surface area contributed by atoms with Crippen molar-refractivity contribution in [2.75, 3.05) is 32.2 Å². The van der Waals surface area contributed by atoms with Crippen molar-refractivity contribution in [3.8, 4) is 0 Å². The molecule has 0 radical (unpaired) electrons. The highest BCUT2D eigenvalue weighted by Gasteiger charge is 2.25. The molecule has 0 aliphatic rings. The molecule has 1 atom stereocenters. The van der Waals surface area contributed by atoms with E-state index < -0.39 is 17.3 Å². The maximum atomic E-state index is 11.6. The summed E-state index contributed by atoms with van der Waals surface area (Å²) in [6.07, 6.45) is 0.395. The lowest BCUT2D eigenvalue weighted by Gasteiger charge is -2.29. The van der Waals surface area contributed by atoms with Gasteiger partial charge in [-0.05, 0) is 34.1 Å². The van der Waals surface area contributed by atoms with Gasteiger partial charge in [0.2, 0.25) is 0 Å². The number of carbonyl (C=O) groups is 1. The molecular weight excluding hydrogens is 314 g/mol. The Morgan fingerprint density at radius 1 is 1.21 bits per heavy atom. The normalized spacial score (nSPS) is 14.8. The Balaban J connectivity index is 4.05. The molecule has 5 nitrogen and oxygen atoms in total. The largest absolute Gasteiger partial charge is 0.444 e. The number of alkyl halides is 1. The van der Waals surface area contributed by atoms with Gasteiger partial charge in [-0.3, -0.25) is 0 Å². The van der Waals surface area contributed by atoms with Gasteiger partial charge in [-0.15, -0.1) is 0 Å². The van der Waals surface area contributed by atoms with E-state index in [1.54, 1.807) is 7.11 Å². The molecule has 0 aromatic carbocycles. The third-order valence-corrected chi connectivity index (χ3v) is 3.42. The van der Waals surface area contributed by atoms with Gasteiger partial charge in [0.1, 0.15) is 5.60 Å². The number of nitrogens with one attached hydrogen (secondary N) is 1. The third kappa shape index (κ3) is 10.2. The van der Waals surface area contributed by atoms with Crippen LogP contribution in [0.2, 0.25) is 0 Å².